The van der Waals surface area contributed by atoms with Gasteiger partial charge in [-0.25, -0.2) is 4.98 Å². The van der Waals surface area contributed by atoms with Crippen LogP contribution in [0.25, 0.3) is 11.0 Å². The number of halogens is 1. The Morgan fingerprint density at radius 3 is 2.43 bits per heavy atom. The molecule has 4 rings (SSSR count). The van der Waals surface area contributed by atoms with Gasteiger partial charge in [-0.1, -0.05) is 54.1 Å². The number of hydrogen-bond donors (Lipinski definition) is 1. The summed E-state index contributed by atoms with van der Waals surface area (Å²) in [6, 6.07) is 22.9. The molecule has 1 aromatic heterocycles. The van der Waals surface area contributed by atoms with E-state index in [-0.39, 0.29) is 6.61 Å². The van der Waals surface area contributed by atoms with E-state index in [0.717, 1.165) is 28.2 Å². The van der Waals surface area contributed by atoms with Crippen LogP contribution in [-0.2, 0) is 13.2 Å². The minimum atomic E-state index is -0.740. The number of rotatable bonds is 8. The van der Waals surface area contributed by atoms with Crippen LogP contribution in [0.3, 0.4) is 0 Å². The Morgan fingerprint density at radius 1 is 0.933 bits per heavy atom. The summed E-state index contributed by atoms with van der Waals surface area (Å²) >= 11 is 6.13. The third-order valence-corrected chi connectivity index (χ3v) is 5.16. The molecule has 5 nitrogen and oxygen atoms in total. The SMILES string of the molecule is Cc1ccccc1OCc1nc2ccccc2n1C[C@@H](O)COc1ccccc1Cl. The number of hydrogen-bond acceptors (Lipinski definition) is 4. The monoisotopic (exact) mass is 422 g/mol. The number of benzene rings is 3. The van der Waals surface area contributed by atoms with E-state index in [9.17, 15) is 5.11 Å². The number of aliphatic hydroxyl groups excluding tert-OH is 1. The zero-order chi connectivity index (χ0) is 20.9. The van der Waals surface area contributed by atoms with Crippen LogP contribution in [0.15, 0.2) is 72.8 Å². The zero-order valence-electron chi connectivity index (χ0n) is 16.7. The molecule has 0 aliphatic rings. The molecule has 154 valence electrons. The van der Waals surface area contributed by atoms with Crippen molar-refractivity contribution in [3.8, 4) is 11.5 Å². The molecule has 0 fully saturated rings. The summed E-state index contributed by atoms with van der Waals surface area (Å²) in [5.41, 5.74) is 2.87. The zero-order valence-corrected chi connectivity index (χ0v) is 17.4. The van der Waals surface area contributed by atoms with E-state index in [1.165, 1.54) is 0 Å². The van der Waals surface area contributed by atoms with Gasteiger partial charge < -0.3 is 19.1 Å². The van der Waals surface area contributed by atoms with Crippen LogP contribution in [0.5, 0.6) is 11.5 Å². The summed E-state index contributed by atoms with van der Waals surface area (Å²) in [5, 5.41) is 11.1. The average Bonchev–Trinajstić information content (AvgIpc) is 3.10. The normalized spacial score (nSPS) is 12.1. The summed E-state index contributed by atoms with van der Waals surface area (Å²) in [7, 11) is 0. The molecule has 0 radical (unpaired) electrons. The van der Waals surface area contributed by atoms with Crippen molar-refractivity contribution in [2.24, 2.45) is 0 Å². The van der Waals surface area contributed by atoms with Gasteiger partial charge in [-0.05, 0) is 42.8 Å². The maximum absolute atomic E-state index is 10.6. The van der Waals surface area contributed by atoms with Gasteiger partial charge in [-0.2, -0.15) is 0 Å². The highest BCUT2D eigenvalue weighted by atomic mass is 35.5. The van der Waals surface area contributed by atoms with Gasteiger partial charge in [0.25, 0.3) is 0 Å². The fraction of sp³-hybridized carbons (Fsp3) is 0.208. The smallest absolute Gasteiger partial charge is 0.148 e. The number of nitrogens with zero attached hydrogens (tertiary/aromatic N) is 2. The molecule has 3 aromatic carbocycles. The Balaban J connectivity index is 1.51. The maximum atomic E-state index is 10.6. The number of aliphatic hydroxyl groups is 1. The number of ether oxygens (including phenoxy) is 2. The standard InChI is InChI=1S/C24H23ClN2O3/c1-17-8-2-6-12-22(17)30-16-24-26-20-10-4-5-11-21(20)27(24)14-18(28)15-29-23-13-7-3-9-19(23)25/h2-13,18,28H,14-16H2,1H3/t18-/m1/s1. The van der Waals surface area contributed by atoms with Crippen molar-refractivity contribution in [3.63, 3.8) is 0 Å². The molecule has 0 aliphatic carbocycles. The van der Waals surface area contributed by atoms with Crippen LogP contribution in [0, 0.1) is 6.92 Å². The lowest BCUT2D eigenvalue weighted by molar-refractivity contribution is 0.0918. The van der Waals surface area contributed by atoms with Crippen LogP contribution in [0.1, 0.15) is 11.4 Å². The molecule has 0 saturated heterocycles. The van der Waals surface area contributed by atoms with Gasteiger partial charge in [0.2, 0.25) is 0 Å². The third kappa shape index (κ3) is 4.58. The molecule has 30 heavy (non-hydrogen) atoms. The van der Waals surface area contributed by atoms with Crippen molar-refractivity contribution < 1.29 is 14.6 Å². The molecule has 0 aliphatic heterocycles. The summed E-state index contributed by atoms with van der Waals surface area (Å²) < 4.78 is 13.7. The van der Waals surface area contributed by atoms with Crippen LogP contribution in [0.4, 0.5) is 0 Å². The van der Waals surface area contributed by atoms with Crippen LogP contribution >= 0.6 is 11.6 Å². The molecular weight excluding hydrogens is 400 g/mol. The molecule has 0 bridgehead atoms. The highest BCUT2D eigenvalue weighted by molar-refractivity contribution is 6.32. The Labute approximate surface area is 180 Å². The fourth-order valence-corrected chi connectivity index (χ4v) is 3.50. The Hall–Kier alpha value is -3.02. The lowest BCUT2D eigenvalue weighted by Crippen LogP contribution is -2.25. The highest BCUT2D eigenvalue weighted by Crippen LogP contribution is 2.24. The molecule has 1 heterocycles. The second-order valence-corrected chi connectivity index (χ2v) is 7.48. The summed E-state index contributed by atoms with van der Waals surface area (Å²) in [4.78, 5) is 4.71. The van der Waals surface area contributed by atoms with Crippen LogP contribution in [-0.4, -0.2) is 27.4 Å². The molecule has 1 atom stereocenters. The first kappa shape index (κ1) is 20.3. The molecule has 0 unspecified atom stereocenters. The highest BCUT2D eigenvalue weighted by Gasteiger charge is 2.16. The quantitative estimate of drug-likeness (QED) is 0.433. The van der Waals surface area contributed by atoms with Crippen molar-refractivity contribution in [3.05, 3.63) is 89.2 Å². The van der Waals surface area contributed by atoms with Gasteiger partial charge in [0.1, 0.15) is 36.6 Å². The van der Waals surface area contributed by atoms with Crippen molar-refractivity contribution in [2.75, 3.05) is 6.61 Å². The van der Waals surface area contributed by atoms with E-state index < -0.39 is 6.10 Å². The van der Waals surface area contributed by atoms with Gasteiger partial charge in [0, 0.05) is 0 Å². The Kier molecular flexibility index (Phi) is 6.21. The predicted molar refractivity (Wildman–Crippen MR) is 118 cm³/mol. The average molecular weight is 423 g/mol. The van der Waals surface area contributed by atoms with Gasteiger partial charge in [-0.3, -0.25) is 0 Å². The van der Waals surface area contributed by atoms with E-state index in [1.807, 2.05) is 72.2 Å². The molecule has 0 amide bonds. The first-order valence-corrected chi connectivity index (χ1v) is 10.2. The molecule has 0 spiro atoms. The molecule has 6 heteroatoms. The van der Waals surface area contributed by atoms with Gasteiger partial charge in [0.15, 0.2) is 0 Å². The third-order valence-electron chi connectivity index (χ3n) is 4.85. The van der Waals surface area contributed by atoms with E-state index in [0.29, 0.717) is 23.9 Å². The van der Waals surface area contributed by atoms with E-state index >= 15 is 0 Å². The largest absolute Gasteiger partial charge is 0.489 e. The lowest BCUT2D eigenvalue weighted by Gasteiger charge is -2.16. The first-order valence-electron chi connectivity index (χ1n) is 9.80. The molecule has 1 N–H and O–H groups in total. The number of aryl methyl sites for hydroxylation is 1. The Morgan fingerprint density at radius 2 is 1.63 bits per heavy atom. The maximum Gasteiger partial charge on any atom is 0.148 e. The van der Waals surface area contributed by atoms with E-state index in [2.05, 4.69) is 0 Å². The summed E-state index contributed by atoms with van der Waals surface area (Å²) in [6.07, 6.45) is -0.740. The second kappa shape index (κ2) is 9.20. The molecule has 0 saturated carbocycles. The topological polar surface area (TPSA) is 56.5 Å². The number of fused-ring (bicyclic) bond motifs is 1. The van der Waals surface area contributed by atoms with Crippen molar-refractivity contribution in [2.45, 2.75) is 26.2 Å². The minimum Gasteiger partial charge on any atom is -0.489 e. The van der Waals surface area contributed by atoms with E-state index in [1.54, 1.807) is 12.1 Å². The first-order chi connectivity index (χ1) is 14.6. The van der Waals surface area contributed by atoms with Crippen molar-refractivity contribution >= 4 is 22.6 Å². The van der Waals surface area contributed by atoms with Gasteiger partial charge in [0.05, 0.1) is 22.6 Å². The number of imidazole rings is 1. The van der Waals surface area contributed by atoms with Crippen molar-refractivity contribution in [1.29, 1.82) is 0 Å². The lowest BCUT2D eigenvalue weighted by atomic mass is 10.2. The van der Waals surface area contributed by atoms with E-state index in [4.69, 9.17) is 26.1 Å². The summed E-state index contributed by atoms with van der Waals surface area (Å²) in [5.74, 6) is 2.12. The number of para-hydroxylation sites is 4. The molecular formula is C24H23ClN2O3. The summed E-state index contributed by atoms with van der Waals surface area (Å²) in [6.45, 7) is 2.76. The van der Waals surface area contributed by atoms with Crippen molar-refractivity contribution in [1.82, 2.24) is 9.55 Å². The second-order valence-electron chi connectivity index (χ2n) is 7.08. The Bertz CT molecular complexity index is 1140. The van der Waals surface area contributed by atoms with Crippen LogP contribution < -0.4 is 9.47 Å². The van der Waals surface area contributed by atoms with Crippen LogP contribution in [0.2, 0.25) is 5.02 Å². The molecule has 4 aromatic rings. The van der Waals surface area contributed by atoms with Gasteiger partial charge >= 0.3 is 0 Å². The predicted octanol–water partition coefficient (Wildman–Crippen LogP) is 5.02. The number of aromatic nitrogens is 2. The minimum absolute atomic E-state index is 0.119. The fourth-order valence-electron chi connectivity index (χ4n) is 3.31. The van der Waals surface area contributed by atoms with Gasteiger partial charge in [-0.15, -0.1) is 0 Å².